The van der Waals surface area contributed by atoms with E-state index in [2.05, 4.69) is 19.3 Å². The molecule has 1 rings (SSSR count). The summed E-state index contributed by atoms with van der Waals surface area (Å²) in [6.07, 6.45) is 5.26. The first-order chi connectivity index (χ1) is 9.12. The third-order valence-corrected chi connectivity index (χ3v) is 3.65. The van der Waals surface area contributed by atoms with E-state index < -0.39 is 11.6 Å². The first-order valence-electron chi connectivity index (χ1n) is 7.03. The van der Waals surface area contributed by atoms with Gasteiger partial charge in [0.25, 0.3) is 0 Å². The summed E-state index contributed by atoms with van der Waals surface area (Å²) < 4.78 is 26.7. The van der Waals surface area contributed by atoms with Gasteiger partial charge >= 0.3 is 0 Å². The van der Waals surface area contributed by atoms with Crippen molar-refractivity contribution < 1.29 is 8.78 Å². The fourth-order valence-electron chi connectivity index (χ4n) is 2.38. The first-order valence-corrected chi connectivity index (χ1v) is 7.03. The van der Waals surface area contributed by atoms with Gasteiger partial charge in [0, 0.05) is 17.7 Å². The maximum atomic E-state index is 13.8. The number of hydrogen-bond donors (Lipinski definition) is 2. The summed E-state index contributed by atoms with van der Waals surface area (Å²) in [6, 6.07) is 3.40. The topological polar surface area (TPSA) is 38.0 Å². The van der Waals surface area contributed by atoms with Crippen LogP contribution in [0, 0.1) is 17.6 Å². The van der Waals surface area contributed by atoms with Crippen LogP contribution >= 0.6 is 0 Å². The Bertz CT molecular complexity index is 382. The van der Waals surface area contributed by atoms with E-state index in [0.29, 0.717) is 11.5 Å². The average Bonchev–Trinajstić information content (AvgIpc) is 2.40. The largest absolute Gasteiger partial charge is 0.271 e. The Morgan fingerprint density at radius 3 is 2.53 bits per heavy atom. The minimum absolute atomic E-state index is 0.262. The van der Waals surface area contributed by atoms with Crippen LogP contribution in [0.15, 0.2) is 18.2 Å². The van der Waals surface area contributed by atoms with Gasteiger partial charge in [0.15, 0.2) is 0 Å². The summed E-state index contributed by atoms with van der Waals surface area (Å²) in [6.45, 7) is 4.29. The van der Waals surface area contributed by atoms with Crippen LogP contribution in [0.3, 0.4) is 0 Å². The van der Waals surface area contributed by atoms with E-state index >= 15 is 0 Å². The van der Waals surface area contributed by atoms with Gasteiger partial charge in [0.2, 0.25) is 0 Å². The van der Waals surface area contributed by atoms with Gasteiger partial charge in [-0.1, -0.05) is 45.6 Å². The summed E-state index contributed by atoms with van der Waals surface area (Å²) >= 11 is 0. The third-order valence-electron chi connectivity index (χ3n) is 3.65. The number of hydrogen-bond acceptors (Lipinski definition) is 2. The molecule has 0 heterocycles. The molecule has 0 saturated heterocycles. The van der Waals surface area contributed by atoms with E-state index in [-0.39, 0.29) is 6.04 Å². The summed E-state index contributed by atoms with van der Waals surface area (Å²) in [5, 5.41) is 0. The minimum atomic E-state index is -0.560. The molecule has 4 heteroatoms. The number of benzene rings is 1. The molecule has 2 unspecified atom stereocenters. The Morgan fingerprint density at radius 2 is 2.00 bits per heavy atom. The maximum Gasteiger partial charge on any atom is 0.130 e. The summed E-state index contributed by atoms with van der Waals surface area (Å²) in [7, 11) is 0. The van der Waals surface area contributed by atoms with Gasteiger partial charge in [0.1, 0.15) is 11.6 Å². The molecule has 1 aromatic carbocycles. The standard InChI is InChI=1S/C15H24F2N2/c1-3-5-6-11(4-2)9-15(19-18)13-8-7-12(16)10-14(13)17/h7-8,10-11,15,19H,3-6,9,18H2,1-2H3. The van der Waals surface area contributed by atoms with Crippen LogP contribution in [0.1, 0.15) is 57.6 Å². The number of rotatable bonds is 8. The SMILES string of the molecule is CCCCC(CC)CC(NN)c1ccc(F)cc1F. The van der Waals surface area contributed by atoms with Crippen LogP contribution in [0.25, 0.3) is 0 Å². The van der Waals surface area contributed by atoms with E-state index in [1.165, 1.54) is 18.6 Å². The number of nitrogens with two attached hydrogens (primary N) is 1. The summed E-state index contributed by atoms with van der Waals surface area (Å²) in [4.78, 5) is 0. The smallest absolute Gasteiger partial charge is 0.130 e. The highest BCUT2D eigenvalue weighted by Crippen LogP contribution is 2.28. The maximum absolute atomic E-state index is 13.8. The zero-order valence-electron chi connectivity index (χ0n) is 11.8. The number of unbranched alkanes of at least 4 members (excludes halogenated alkanes) is 1. The quantitative estimate of drug-likeness (QED) is 0.552. The monoisotopic (exact) mass is 270 g/mol. The Kier molecular flexibility index (Phi) is 6.95. The zero-order valence-corrected chi connectivity index (χ0v) is 11.8. The van der Waals surface area contributed by atoms with E-state index in [0.717, 1.165) is 31.7 Å². The molecule has 0 aliphatic rings. The van der Waals surface area contributed by atoms with Crippen LogP contribution in [-0.4, -0.2) is 0 Å². The van der Waals surface area contributed by atoms with Crippen LogP contribution in [0.2, 0.25) is 0 Å². The van der Waals surface area contributed by atoms with Gasteiger partial charge in [-0.05, 0) is 18.4 Å². The molecule has 0 spiro atoms. The van der Waals surface area contributed by atoms with Crippen molar-refractivity contribution in [2.24, 2.45) is 11.8 Å². The van der Waals surface area contributed by atoms with Crippen LogP contribution in [-0.2, 0) is 0 Å². The van der Waals surface area contributed by atoms with Gasteiger partial charge in [0.05, 0.1) is 0 Å². The number of nitrogens with one attached hydrogen (secondary N) is 1. The Hall–Kier alpha value is -1.00. The fourth-order valence-corrected chi connectivity index (χ4v) is 2.38. The van der Waals surface area contributed by atoms with E-state index in [4.69, 9.17) is 5.84 Å². The molecule has 0 saturated carbocycles. The molecule has 0 aliphatic heterocycles. The predicted molar refractivity (Wildman–Crippen MR) is 74.3 cm³/mol. The van der Waals surface area contributed by atoms with E-state index in [1.807, 2.05) is 0 Å². The van der Waals surface area contributed by atoms with Crippen molar-refractivity contribution in [1.82, 2.24) is 5.43 Å². The second-order valence-corrected chi connectivity index (χ2v) is 5.04. The molecule has 2 atom stereocenters. The highest BCUT2D eigenvalue weighted by Gasteiger charge is 2.19. The molecule has 108 valence electrons. The molecular formula is C15H24F2N2. The van der Waals surface area contributed by atoms with Gasteiger partial charge in [-0.15, -0.1) is 0 Å². The molecule has 0 radical (unpaired) electrons. The predicted octanol–water partition coefficient (Wildman–Crippen LogP) is 4.08. The summed E-state index contributed by atoms with van der Waals surface area (Å²) in [5.74, 6) is 4.94. The zero-order chi connectivity index (χ0) is 14.3. The molecular weight excluding hydrogens is 246 g/mol. The average molecular weight is 270 g/mol. The molecule has 0 bridgehead atoms. The van der Waals surface area contributed by atoms with Crippen LogP contribution < -0.4 is 11.3 Å². The highest BCUT2D eigenvalue weighted by molar-refractivity contribution is 5.22. The van der Waals surface area contributed by atoms with Crippen molar-refractivity contribution in [2.45, 2.75) is 52.0 Å². The summed E-state index contributed by atoms with van der Waals surface area (Å²) in [5.41, 5.74) is 3.10. The number of halogens is 2. The molecule has 0 amide bonds. The molecule has 0 aromatic heterocycles. The molecule has 0 aliphatic carbocycles. The second kappa shape index (κ2) is 8.23. The molecule has 1 aromatic rings. The van der Waals surface area contributed by atoms with Crippen LogP contribution in [0.5, 0.6) is 0 Å². The lowest BCUT2D eigenvalue weighted by Gasteiger charge is -2.23. The van der Waals surface area contributed by atoms with Crippen molar-refractivity contribution in [2.75, 3.05) is 0 Å². The van der Waals surface area contributed by atoms with Gasteiger partial charge in [-0.3, -0.25) is 11.3 Å². The molecule has 3 N–H and O–H groups in total. The van der Waals surface area contributed by atoms with Crippen molar-refractivity contribution in [1.29, 1.82) is 0 Å². The minimum Gasteiger partial charge on any atom is -0.271 e. The second-order valence-electron chi connectivity index (χ2n) is 5.04. The van der Waals surface area contributed by atoms with E-state index in [1.54, 1.807) is 0 Å². The van der Waals surface area contributed by atoms with Gasteiger partial charge < -0.3 is 0 Å². The highest BCUT2D eigenvalue weighted by atomic mass is 19.1. The normalized spacial score (nSPS) is 14.4. The van der Waals surface area contributed by atoms with Crippen molar-refractivity contribution in [3.8, 4) is 0 Å². The van der Waals surface area contributed by atoms with Crippen molar-refractivity contribution >= 4 is 0 Å². The van der Waals surface area contributed by atoms with Gasteiger partial charge in [-0.25, -0.2) is 8.78 Å². The third kappa shape index (κ3) is 4.88. The fraction of sp³-hybridized carbons (Fsp3) is 0.600. The lowest BCUT2D eigenvalue weighted by molar-refractivity contribution is 0.350. The Balaban J connectivity index is 2.76. The van der Waals surface area contributed by atoms with E-state index in [9.17, 15) is 8.78 Å². The molecule has 0 fully saturated rings. The Morgan fingerprint density at radius 1 is 1.26 bits per heavy atom. The number of hydrazine groups is 1. The van der Waals surface area contributed by atoms with Crippen LogP contribution in [0.4, 0.5) is 8.78 Å². The lowest BCUT2D eigenvalue weighted by Crippen LogP contribution is -2.30. The van der Waals surface area contributed by atoms with Crippen molar-refractivity contribution in [3.63, 3.8) is 0 Å². The Labute approximate surface area is 114 Å². The first kappa shape index (κ1) is 16.1. The van der Waals surface area contributed by atoms with Crippen molar-refractivity contribution in [3.05, 3.63) is 35.4 Å². The molecule has 2 nitrogen and oxygen atoms in total. The molecule has 19 heavy (non-hydrogen) atoms. The lowest BCUT2D eigenvalue weighted by atomic mass is 9.89. The van der Waals surface area contributed by atoms with Gasteiger partial charge in [-0.2, -0.15) is 0 Å².